The van der Waals surface area contributed by atoms with Crippen LogP contribution in [-0.2, 0) is 11.3 Å². The van der Waals surface area contributed by atoms with Crippen molar-refractivity contribution in [2.75, 3.05) is 13.6 Å². The second-order valence-corrected chi connectivity index (χ2v) is 5.52. The summed E-state index contributed by atoms with van der Waals surface area (Å²) in [5.41, 5.74) is 4.06. The van der Waals surface area contributed by atoms with Crippen LogP contribution in [0.15, 0.2) is 30.3 Å². The zero-order chi connectivity index (χ0) is 11.8. The number of hydrogen-bond acceptors (Lipinski definition) is 1. The Morgan fingerprint density at radius 2 is 1.94 bits per heavy atom. The number of nitrogens with zero attached hydrogens (tertiary/aromatic N) is 1. The fourth-order valence-electron chi connectivity index (χ4n) is 2.46. The summed E-state index contributed by atoms with van der Waals surface area (Å²) in [4.78, 5) is 11.8. The van der Waals surface area contributed by atoms with Crippen LogP contribution in [0.4, 0.5) is 0 Å². The molecule has 0 aliphatic carbocycles. The Bertz CT molecular complexity index is 400. The normalized spacial score (nSPS) is 27.8. The maximum Gasteiger partial charge on any atom is 0.276 e. The zero-order valence-corrected chi connectivity index (χ0v) is 10.2. The van der Waals surface area contributed by atoms with E-state index in [1.54, 1.807) is 0 Å². The highest BCUT2D eigenvalue weighted by Crippen LogP contribution is 2.28. The molecular formula is C13H19N2O+. The predicted octanol–water partition coefficient (Wildman–Crippen LogP) is 1.70. The van der Waals surface area contributed by atoms with Crippen molar-refractivity contribution in [1.29, 1.82) is 0 Å². The molecule has 3 heteroatoms. The molecule has 1 N–H and O–H groups in total. The molecule has 2 rings (SSSR count). The lowest BCUT2D eigenvalue weighted by Gasteiger charge is -2.28. The maximum absolute atomic E-state index is 11.8. The van der Waals surface area contributed by atoms with E-state index in [4.69, 9.17) is 0 Å². The van der Waals surface area contributed by atoms with Gasteiger partial charge in [-0.15, -0.1) is 0 Å². The summed E-state index contributed by atoms with van der Waals surface area (Å²) in [5.74, 6) is 0.144. The maximum atomic E-state index is 11.8. The highest BCUT2D eigenvalue weighted by atomic mass is 16.2. The fraction of sp³-hybridized carbons (Fsp3) is 0.462. The number of carbonyl (C=O) groups is 1. The van der Waals surface area contributed by atoms with E-state index in [1.807, 2.05) is 32.0 Å². The van der Waals surface area contributed by atoms with Crippen molar-refractivity contribution in [2.24, 2.45) is 5.41 Å². The van der Waals surface area contributed by atoms with Crippen LogP contribution >= 0.6 is 0 Å². The second-order valence-electron chi connectivity index (χ2n) is 5.52. The van der Waals surface area contributed by atoms with Crippen molar-refractivity contribution in [3.05, 3.63) is 35.9 Å². The average Bonchev–Trinajstić information content (AvgIpc) is 2.36. The van der Waals surface area contributed by atoms with Crippen molar-refractivity contribution < 1.29 is 9.39 Å². The van der Waals surface area contributed by atoms with Gasteiger partial charge in [0.15, 0.2) is 0 Å². The van der Waals surface area contributed by atoms with Gasteiger partial charge in [0, 0.05) is 5.56 Å². The van der Waals surface area contributed by atoms with Gasteiger partial charge in [0.25, 0.3) is 5.91 Å². The van der Waals surface area contributed by atoms with Gasteiger partial charge in [0.05, 0.1) is 12.5 Å². The number of quaternary nitrogens is 1. The molecule has 86 valence electrons. The Labute approximate surface area is 96.6 Å². The first kappa shape index (κ1) is 11.1. The van der Waals surface area contributed by atoms with Crippen LogP contribution in [0.5, 0.6) is 0 Å². The van der Waals surface area contributed by atoms with Crippen LogP contribution in [0.2, 0.25) is 0 Å². The number of rotatable bonds is 2. The Hall–Kier alpha value is -1.35. The zero-order valence-electron chi connectivity index (χ0n) is 10.2. The Balaban J connectivity index is 2.15. The summed E-state index contributed by atoms with van der Waals surface area (Å²) in [7, 11) is 2.07. The third-order valence-electron chi connectivity index (χ3n) is 3.10. The van der Waals surface area contributed by atoms with E-state index in [0.717, 1.165) is 13.1 Å². The smallest absolute Gasteiger partial charge is 0.269 e. The third-order valence-corrected chi connectivity index (χ3v) is 3.10. The Kier molecular flexibility index (Phi) is 2.50. The summed E-state index contributed by atoms with van der Waals surface area (Å²) in [6.07, 6.45) is 0. The van der Waals surface area contributed by atoms with Gasteiger partial charge in [-0.25, -0.2) is 10.0 Å². The molecular weight excluding hydrogens is 200 g/mol. The van der Waals surface area contributed by atoms with Gasteiger partial charge < -0.3 is 0 Å². The molecule has 1 aliphatic rings. The van der Waals surface area contributed by atoms with E-state index in [9.17, 15) is 4.79 Å². The van der Waals surface area contributed by atoms with E-state index in [1.165, 1.54) is 5.56 Å². The van der Waals surface area contributed by atoms with Gasteiger partial charge in [-0.2, -0.15) is 0 Å². The van der Waals surface area contributed by atoms with Crippen LogP contribution in [0.1, 0.15) is 19.4 Å². The summed E-state index contributed by atoms with van der Waals surface area (Å²) >= 11 is 0. The minimum Gasteiger partial charge on any atom is -0.269 e. The molecule has 3 nitrogen and oxygen atoms in total. The van der Waals surface area contributed by atoms with E-state index < -0.39 is 0 Å². The summed E-state index contributed by atoms with van der Waals surface area (Å²) in [6, 6.07) is 10.3. The number of hydrogen-bond donors (Lipinski definition) is 1. The van der Waals surface area contributed by atoms with Gasteiger partial charge in [-0.05, 0) is 13.8 Å². The molecule has 0 saturated carbocycles. The quantitative estimate of drug-likeness (QED) is 0.754. The molecule has 0 spiro atoms. The number of benzene rings is 1. The summed E-state index contributed by atoms with van der Waals surface area (Å²) in [6.45, 7) is 5.67. The van der Waals surface area contributed by atoms with Crippen LogP contribution in [-0.4, -0.2) is 24.1 Å². The van der Waals surface area contributed by atoms with Crippen molar-refractivity contribution in [3.63, 3.8) is 0 Å². The van der Waals surface area contributed by atoms with Crippen LogP contribution in [0, 0.1) is 5.41 Å². The van der Waals surface area contributed by atoms with E-state index in [0.29, 0.717) is 4.59 Å². The molecule has 0 bridgehead atoms. The topological polar surface area (TPSA) is 29.1 Å². The second kappa shape index (κ2) is 3.59. The van der Waals surface area contributed by atoms with Gasteiger partial charge in [-0.1, -0.05) is 30.3 Å². The molecule has 1 unspecified atom stereocenters. The van der Waals surface area contributed by atoms with E-state index >= 15 is 0 Å². The molecule has 1 amide bonds. The van der Waals surface area contributed by atoms with Crippen molar-refractivity contribution in [1.82, 2.24) is 5.43 Å². The lowest BCUT2D eigenvalue weighted by molar-refractivity contribution is -0.950. The molecule has 1 aromatic carbocycles. The summed E-state index contributed by atoms with van der Waals surface area (Å²) < 4.78 is 0.593. The minimum atomic E-state index is -0.260. The number of amides is 1. The first-order chi connectivity index (χ1) is 7.41. The summed E-state index contributed by atoms with van der Waals surface area (Å²) in [5, 5.41) is 0. The number of nitrogens with one attached hydrogen (secondary N) is 1. The van der Waals surface area contributed by atoms with Crippen LogP contribution < -0.4 is 5.43 Å². The molecule has 1 atom stereocenters. The Morgan fingerprint density at radius 1 is 1.31 bits per heavy atom. The average molecular weight is 219 g/mol. The molecule has 1 fully saturated rings. The monoisotopic (exact) mass is 219 g/mol. The lowest BCUT2D eigenvalue weighted by atomic mass is 9.94. The van der Waals surface area contributed by atoms with E-state index in [2.05, 4.69) is 24.6 Å². The predicted molar refractivity (Wildman–Crippen MR) is 63.1 cm³/mol. The van der Waals surface area contributed by atoms with Crippen LogP contribution in [0.25, 0.3) is 0 Å². The molecule has 0 aromatic heterocycles. The van der Waals surface area contributed by atoms with Gasteiger partial charge in [-0.3, -0.25) is 4.79 Å². The molecule has 1 aliphatic heterocycles. The SMILES string of the molecule is CC1(C)C[N+](C)(Cc2ccccc2)NC1=O. The van der Waals surface area contributed by atoms with Crippen molar-refractivity contribution in [3.8, 4) is 0 Å². The van der Waals surface area contributed by atoms with Gasteiger partial charge in [0.1, 0.15) is 13.1 Å². The fourth-order valence-corrected chi connectivity index (χ4v) is 2.46. The first-order valence-electron chi connectivity index (χ1n) is 5.63. The van der Waals surface area contributed by atoms with Crippen molar-refractivity contribution in [2.45, 2.75) is 20.4 Å². The standard InChI is InChI=1S/C13H18N2O/c1-13(2)10-15(3,14-12(13)16)9-11-7-5-4-6-8-11/h4-8H,9-10H2,1-3H3/p+1. The van der Waals surface area contributed by atoms with Gasteiger partial charge in [0.2, 0.25) is 0 Å². The minimum absolute atomic E-state index is 0.144. The number of carbonyl (C=O) groups excluding carboxylic acids is 1. The molecule has 0 radical (unpaired) electrons. The highest BCUT2D eigenvalue weighted by molar-refractivity contribution is 5.82. The van der Waals surface area contributed by atoms with E-state index in [-0.39, 0.29) is 11.3 Å². The van der Waals surface area contributed by atoms with Gasteiger partial charge >= 0.3 is 0 Å². The molecule has 16 heavy (non-hydrogen) atoms. The first-order valence-corrected chi connectivity index (χ1v) is 5.63. The van der Waals surface area contributed by atoms with Crippen LogP contribution in [0.3, 0.4) is 0 Å². The molecule has 1 saturated heterocycles. The molecule has 1 heterocycles. The largest absolute Gasteiger partial charge is 0.276 e. The lowest BCUT2D eigenvalue weighted by Crippen LogP contribution is -2.50. The molecule has 1 aromatic rings. The van der Waals surface area contributed by atoms with Crippen molar-refractivity contribution >= 4 is 5.91 Å². The highest BCUT2D eigenvalue weighted by Gasteiger charge is 2.47. The Morgan fingerprint density at radius 3 is 2.44 bits per heavy atom. The third kappa shape index (κ3) is 2.09.